The lowest BCUT2D eigenvalue weighted by atomic mass is 9.85. The van der Waals surface area contributed by atoms with Gasteiger partial charge in [-0.2, -0.15) is 4.98 Å². The molecule has 0 spiro atoms. The number of hydrogen-bond acceptors (Lipinski definition) is 5. The number of aromatic nitrogens is 2. The summed E-state index contributed by atoms with van der Waals surface area (Å²) in [5.41, 5.74) is 0. The Bertz CT molecular complexity index is 412. The Balaban J connectivity index is 1.72. The Morgan fingerprint density at radius 3 is 3.28 bits per heavy atom. The van der Waals surface area contributed by atoms with Gasteiger partial charge in [0.25, 0.3) is 0 Å². The summed E-state index contributed by atoms with van der Waals surface area (Å²) in [5, 5.41) is 3.62. The predicted octanol–water partition coefficient (Wildman–Crippen LogP) is 1.06. The molecule has 3 rings (SSSR count). The average Bonchev–Trinajstić information content (AvgIpc) is 2.47. The van der Waals surface area contributed by atoms with Crippen LogP contribution in [0.15, 0.2) is 12.3 Å². The molecule has 0 radical (unpaired) electrons. The normalized spacial score (nSPS) is 27.7. The van der Waals surface area contributed by atoms with E-state index >= 15 is 0 Å². The third kappa shape index (κ3) is 2.27. The van der Waals surface area contributed by atoms with Gasteiger partial charge in [0.05, 0.1) is 7.11 Å². The van der Waals surface area contributed by atoms with E-state index in [-0.39, 0.29) is 0 Å². The Kier molecular flexibility index (Phi) is 3.32. The van der Waals surface area contributed by atoms with Crippen LogP contribution in [0.4, 0.5) is 5.95 Å². The first kappa shape index (κ1) is 11.7. The number of anilines is 1. The van der Waals surface area contributed by atoms with Gasteiger partial charge in [0, 0.05) is 31.4 Å². The average molecular weight is 248 g/mol. The zero-order valence-corrected chi connectivity index (χ0v) is 10.8. The first-order valence-corrected chi connectivity index (χ1v) is 6.72. The van der Waals surface area contributed by atoms with Crippen LogP contribution in [0.25, 0.3) is 0 Å². The molecule has 5 nitrogen and oxygen atoms in total. The molecule has 2 saturated heterocycles. The van der Waals surface area contributed by atoms with Crippen LogP contribution in [-0.2, 0) is 0 Å². The van der Waals surface area contributed by atoms with E-state index in [1.165, 1.54) is 25.8 Å². The molecule has 0 aliphatic carbocycles. The summed E-state index contributed by atoms with van der Waals surface area (Å²) in [6, 6.07) is 2.49. The third-order valence-corrected chi connectivity index (χ3v) is 4.00. The molecule has 0 saturated carbocycles. The van der Waals surface area contributed by atoms with Crippen LogP contribution in [0.3, 0.4) is 0 Å². The molecule has 1 aromatic heterocycles. The van der Waals surface area contributed by atoms with Gasteiger partial charge in [0.1, 0.15) is 0 Å². The molecule has 2 atom stereocenters. The quantitative estimate of drug-likeness (QED) is 0.848. The fraction of sp³-hybridized carbons (Fsp3) is 0.692. The molecule has 0 bridgehead atoms. The van der Waals surface area contributed by atoms with E-state index < -0.39 is 0 Å². The van der Waals surface area contributed by atoms with Crippen molar-refractivity contribution in [2.45, 2.75) is 25.3 Å². The van der Waals surface area contributed by atoms with Gasteiger partial charge in [-0.05, 0) is 31.7 Å². The number of nitrogens with one attached hydrogen (secondary N) is 1. The van der Waals surface area contributed by atoms with Crippen molar-refractivity contribution in [3.63, 3.8) is 0 Å². The molecule has 3 heterocycles. The molecule has 2 aliphatic heterocycles. The highest BCUT2D eigenvalue weighted by atomic mass is 16.5. The van der Waals surface area contributed by atoms with Crippen LogP contribution in [0.5, 0.6) is 5.88 Å². The van der Waals surface area contributed by atoms with E-state index in [4.69, 9.17) is 4.74 Å². The maximum atomic E-state index is 5.16. The van der Waals surface area contributed by atoms with Crippen molar-refractivity contribution >= 4 is 5.95 Å². The molecular weight excluding hydrogens is 228 g/mol. The van der Waals surface area contributed by atoms with Crippen LogP contribution in [0.2, 0.25) is 0 Å². The molecular formula is C13H20N4O. The molecule has 18 heavy (non-hydrogen) atoms. The lowest BCUT2D eigenvalue weighted by Crippen LogP contribution is -2.52. The molecule has 1 aromatic rings. The zero-order chi connectivity index (χ0) is 12.4. The highest BCUT2D eigenvalue weighted by Crippen LogP contribution is 2.27. The number of methoxy groups -OCH3 is 1. The minimum atomic E-state index is 0.642. The fourth-order valence-corrected chi connectivity index (χ4v) is 3.03. The Morgan fingerprint density at radius 2 is 2.39 bits per heavy atom. The second-order valence-electron chi connectivity index (χ2n) is 5.10. The van der Waals surface area contributed by atoms with Gasteiger partial charge in [-0.15, -0.1) is 0 Å². The van der Waals surface area contributed by atoms with E-state index in [0.717, 1.165) is 25.0 Å². The standard InChI is InChI=1S/C13H20N4O/c1-18-12-4-7-15-13(16-12)17-8-5-11-10(9-17)3-2-6-14-11/h4,7,10-11,14H,2-3,5-6,8-9H2,1H3. The van der Waals surface area contributed by atoms with Crippen LogP contribution in [0, 0.1) is 5.92 Å². The molecule has 5 heteroatoms. The van der Waals surface area contributed by atoms with E-state index in [1.807, 2.05) is 0 Å². The Hall–Kier alpha value is -1.36. The molecule has 0 aromatic carbocycles. The summed E-state index contributed by atoms with van der Waals surface area (Å²) in [6.07, 6.45) is 5.56. The van der Waals surface area contributed by atoms with Crippen molar-refractivity contribution in [3.05, 3.63) is 12.3 Å². The number of piperidine rings is 2. The second kappa shape index (κ2) is 5.10. The van der Waals surface area contributed by atoms with E-state index in [0.29, 0.717) is 11.9 Å². The van der Waals surface area contributed by atoms with E-state index in [1.54, 1.807) is 19.4 Å². The van der Waals surface area contributed by atoms with Crippen molar-refractivity contribution in [1.82, 2.24) is 15.3 Å². The summed E-state index contributed by atoms with van der Waals surface area (Å²) in [7, 11) is 1.64. The largest absolute Gasteiger partial charge is 0.481 e. The van der Waals surface area contributed by atoms with Crippen LogP contribution in [0.1, 0.15) is 19.3 Å². The van der Waals surface area contributed by atoms with Gasteiger partial charge in [-0.1, -0.05) is 0 Å². The van der Waals surface area contributed by atoms with Gasteiger partial charge in [0.2, 0.25) is 11.8 Å². The van der Waals surface area contributed by atoms with E-state index in [2.05, 4.69) is 20.2 Å². The SMILES string of the molecule is COc1ccnc(N2CCC3NCCCC3C2)n1. The van der Waals surface area contributed by atoms with Gasteiger partial charge in [-0.3, -0.25) is 0 Å². The lowest BCUT2D eigenvalue weighted by Gasteiger charge is -2.41. The summed E-state index contributed by atoms with van der Waals surface area (Å²) < 4.78 is 5.16. The number of rotatable bonds is 2. The Morgan fingerprint density at radius 1 is 1.44 bits per heavy atom. The molecule has 1 N–H and O–H groups in total. The van der Waals surface area contributed by atoms with Gasteiger partial charge < -0.3 is 15.0 Å². The second-order valence-corrected chi connectivity index (χ2v) is 5.10. The summed E-state index contributed by atoms with van der Waals surface area (Å²) in [4.78, 5) is 11.1. The van der Waals surface area contributed by atoms with Crippen LogP contribution >= 0.6 is 0 Å². The van der Waals surface area contributed by atoms with Crippen molar-refractivity contribution in [1.29, 1.82) is 0 Å². The monoisotopic (exact) mass is 248 g/mol. The van der Waals surface area contributed by atoms with Gasteiger partial charge >= 0.3 is 0 Å². The predicted molar refractivity (Wildman–Crippen MR) is 69.9 cm³/mol. The zero-order valence-electron chi connectivity index (χ0n) is 10.8. The van der Waals surface area contributed by atoms with Crippen LogP contribution < -0.4 is 15.0 Å². The van der Waals surface area contributed by atoms with Crippen LogP contribution in [-0.4, -0.2) is 42.8 Å². The molecule has 0 amide bonds. The highest BCUT2D eigenvalue weighted by molar-refractivity contribution is 5.33. The smallest absolute Gasteiger partial charge is 0.228 e. The third-order valence-electron chi connectivity index (χ3n) is 4.00. The first-order valence-electron chi connectivity index (χ1n) is 6.72. The van der Waals surface area contributed by atoms with Gasteiger partial charge in [-0.25, -0.2) is 4.98 Å². The lowest BCUT2D eigenvalue weighted by molar-refractivity contribution is 0.243. The van der Waals surface area contributed by atoms with Gasteiger partial charge in [0.15, 0.2) is 0 Å². The maximum Gasteiger partial charge on any atom is 0.228 e. The molecule has 2 fully saturated rings. The van der Waals surface area contributed by atoms with E-state index in [9.17, 15) is 0 Å². The summed E-state index contributed by atoms with van der Waals surface area (Å²) in [5.74, 6) is 2.18. The molecule has 2 aliphatic rings. The number of fused-ring (bicyclic) bond motifs is 1. The summed E-state index contributed by atoms with van der Waals surface area (Å²) in [6.45, 7) is 3.27. The topological polar surface area (TPSA) is 50.3 Å². The number of ether oxygens (including phenoxy) is 1. The number of hydrogen-bond donors (Lipinski definition) is 1. The molecule has 2 unspecified atom stereocenters. The maximum absolute atomic E-state index is 5.16. The minimum Gasteiger partial charge on any atom is -0.481 e. The highest BCUT2D eigenvalue weighted by Gasteiger charge is 2.31. The fourth-order valence-electron chi connectivity index (χ4n) is 3.03. The number of nitrogens with zero attached hydrogens (tertiary/aromatic N) is 3. The van der Waals surface area contributed by atoms with Crippen molar-refractivity contribution in [2.75, 3.05) is 31.6 Å². The molecule has 98 valence electrons. The summed E-state index contributed by atoms with van der Waals surface area (Å²) >= 11 is 0. The first-order chi connectivity index (χ1) is 8.86. The van der Waals surface area contributed by atoms with Crippen molar-refractivity contribution in [3.8, 4) is 5.88 Å². The Labute approximate surface area is 108 Å². The van der Waals surface area contributed by atoms with Crippen molar-refractivity contribution < 1.29 is 4.74 Å². The minimum absolute atomic E-state index is 0.642. The van der Waals surface area contributed by atoms with Crippen molar-refractivity contribution in [2.24, 2.45) is 5.92 Å².